The number of nitrogens with one attached hydrogen (secondary N) is 1. The van der Waals surface area contributed by atoms with Crippen LogP contribution in [-0.2, 0) is 4.74 Å². The lowest BCUT2D eigenvalue weighted by Gasteiger charge is -2.35. The Morgan fingerprint density at radius 2 is 2.16 bits per heavy atom. The summed E-state index contributed by atoms with van der Waals surface area (Å²) in [5, 5.41) is 14.2. The van der Waals surface area contributed by atoms with Crippen LogP contribution in [-0.4, -0.2) is 46.5 Å². The molecule has 3 rings (SSSR count). The first-order chi connectivity index (χ1) is 12.1. The Bertz CT molecular complexity index is 725. The Morgan fingerprint density at radius 3 is 2.92 bits per heavy atom. The summed E-state index contributed by atoms with van der Waals surface area (Å²) < 4.78 is 5.05. The zero-order chi connectivity index (χ0) is 17.7. The fourth-order valence-electron chi connectivity index (χ4n) is 3.04. The number of hydrogen-bond acceptors (Lipinski definition) is 7. The molecule has 0 aliphatic carbocycles. The largest absolute Gasteiger partial charge is 0.462 e. The van der Waals surface area contributed by atoms with Gasteiger partial charge in [0, 0.05) is 24.6 Å². The van der Waals surface area contributed by atoms with Crippen molar-refractivity contribution in [3.63, 3.8) is 0 Å². The lowest BCUT2D eigenvalue weighted by molar-refractivity contribution is 0.0524. The fraction of sp³-hybridized carbons (Fsp3) is 0.389. The molecule has 1 aromatic carbocycles. The van der Waals surface area contributed by atoms with Gasteiger partial charge in [0.05, 0.1) is 18.7 Å². The number of aliphatic hydroxyl groups is 1. The van der Waals surface area contributed by atoms with Gasteiger partial charge in [-0.25, -0.2) is 14.8 Å². The molecule has 1 aromatic heterocycles. The van der Waals surface area contributed by atoms with Crippen LogP contribution >= 0.6 is 0 Å². The summed E-state index contributed by atoms with van der Waals surface area (Å²) in [7, 11) is 0. The lowest BCUT2D eigenvalue weighted by Crippen LogP contribution is -2.49. The van der Waals surface area contributed by atoms with Crippen molar-refractivity contribution >= 4 is 17.6 Å². The molecule has 1 fully saturated rings. The first kappa shape index (κ1) is 17.2. The summed E-state index contributed by atoms with van der Waals surface area (Å²) in [6.45, 7) is 3.11. The molecule has 1 atom stereocenters. The molecule has 0 saturated carbocycles. The van der Waals surface area contributed by atoms with E-state index < -0.39 is 5.72 Å². The monoisotopic (exact) mass is 342 g/mol. The number of carbonyl (C=O) groups excluding carboxylic acids is 1. The van der Waals surface area contributed by atoms with Gasteiger partial charge in [0.25, 0.3) is 0 Å². The van der Waals surface area contributed by atoms with Gasteiger partial charge in [-0.05, 0) is 44.0 Å². The van der Waals surface area contributed by atoms with Crippen LogP contribution in [0.3, 0.4) is 0 Å². The van der Waals surface area contributed by atoms with Crippen molar-refractivity contribution in [2.24, 2.45) is 0 Å². The quantitative estimate of drug-likeness (QED) is 0.777. The van der Waals surface area contributed by atoms with Gasteiger partial charge in [-0.1, -0.05) is 6.07 Å². The van der Waals surface area contributed by atoms with Crippen molar-refractivity contribution in [2.45, 2.75) is 25.5 Å². The number of anilines is 2. The number of esters is 1. The van der Waals surface area contributed by atoms with Crippen molar-refractivity contribution in [2.75, 3.05) is 29.9 Å². The number of benzene rings is 1. The van der Waals surface area contributed by atoms with Crippen molar-refractivity contribution in [3.05, 3.63) is 48.3 Å². The van der Waals surface area contributed by atoms with Crippen LogP contribution in [0.2, 0.25) is 0 Å². The Balaban J connectivity index is 1.76. The lowest BCUT2D eigenvalue weighted by atomic mass is 10.1. The zero-order valence-electron chi connectivity index (χ0n) is 14.2. The molecule has 7 nitrogen and oxygen atoms in total. The smallest absolute Gasteiger partial charge is 0.338 e. The normalized spacial score (nSPS) is 19.7. The van der Waals surface area contributed by atoms with E-state index in [1.54, 1.807) is 43.6 Å². The van der Waals surface area contributed by atoms with Crippen molar-refractivity contribution < 1.29 is 14.6 Å². The summed E-state index contributed by atoms with van der Waals surface area (Å²) in [4.78, 5) is 22.1. The molecule has 0 radical (unpaired) electrons. The molecule has 0 bridgehead atoms. The molecular formula is C18H22N4O3. The minimum atomic E-state index is -1.06. The second-order valence-electron chi connectivity index (χ2n) is 5.93. The summed E-state index contributed by atoms with van der Waals surface area (Å²) in [5.41, 5.74) is 0.209. The van der Waals surface area contributed by atoms with Crippen molar-refractivity contribution in [1.82, 2.24) is 9.97 Å². The molecule has 0 spiro atoms. The van der Waals surface area contributed by atoms with Gasteiger partial charge in [0.1, 0.15) is 0 Å². The Kier molecular flexibility index (Phi) is 5.14. The molecule has 1 saturated heterocycles. The van der Waals surface area contributed by atoms with Gasteiger partial charge in [0.15, 0.2) is 5.72 Å². The molecule has 25 heavy (non-hydrogen) atoms. The predicted molar refractivity (Wildman–Crippen MR) is 94.5 cm³/mol. The number of ether oxygens (including phenoxy) is 1. The Morgan fingerprint density at radius 1 is 1.36 bits per heavy atom. The van der Waals surface area contributed by atoms with Crippen LogP contribution in [0.1, 0.15) is 30.1 Å². The van der Waals surface area contributed by atoms with E-state index in [0.29, 0.717) is 37.6 Å². The maximum Gasteiger partial charge on any atom is 0.338 e. The molecule has 0 amide bonds. The summed E-state index contributed by atoms with van der Waals surface area (Å²) >= 11 is 0. The summed E-state index contributed by atoms with van der Waals surface area (Å²) in [6, 6.07) is 8.90. The number of carbonyl (C=O) groups is 1. The van der Waals surface area contributed by atoms with E-state index in [1.165, 1.54) is 0 Å². The van der Waals surface area contributed by atoms with E-state index in [-0.39, 0.29) is 5.97 Å². The molecule has 132 valence electrons. The minimum Gasteiger partial charge on any atom is -0.462 e. The molecule has 7 heteroatoms. The first-order valence-corrected chi connectivity index (χ1v) is 8.40. The van der Waals surface area contributed by atoms with Gasteiger partial charge >= 0.3 is 5.97 Å². The predicted octanol–water partition coefficient (Wildman–Crippen LogP) is 2.05. The standard InChI is InChI=1S/C18H22N4O3/c1-2-25-16(23)14-6-3-7-15(12-14)22-11-4-8-18(22,24)13-21-17-19-9-5-10-20-17/h3,5-7,9-10,12,24H,2,4,8,11,13H2,1H3,(H,19,20,21). The van der Waals surface area contributed by atoms with E-state index in [0.717, 1.165) is 12.1 Å². The average Bonchev–Trinajstić information content (AvgIpc) is 3.03. The Hall–Kier alpha value is -2.67. The van der Waals surface area contributed by atoms with E-state index in [2.05, 4.69) is 15.3 Å². The van der Waals surface area contributed by atoms with Crippen molar-refractivity contribution in [3.8, 4) is 0 Å². The van der Waals surface area contributed by atoms with Crippen LogP contribution in [0.5, 0.6) is 0 Å². The molecular weight excluding hydrogens is 320 g/mol. The highest BCUT2D eigenvalue weighted by atomic mass is 16.5. The molecule has 1 aliphatic heterocycles. The minimum absolute atomic E-state index is 0.292. The zero-order valence-corrected chi connectivity index (χ0v) is 14.2. The van der Waals surface area contributed by atoms with E-state index in [4.69, 9.17) is 4.74 Å². The van der Waals surface area contributed by atoms with Gasteiger partial charge in [-0.2, -0.15) is 0 Å². The van der Waals surface area contributed by atoms with Gasteiger partial charge < -0.3 is 20.1 Å². The molecule has 1 unspecified atom stereocenters. The van der Waals surface area contributed by atoms with E-state index in [1.807, 2.05) is 11.0 Å². The highest BCUT2D eigenvalue weighted by Gasteiger charge is 2.39. The highest BCUT2D eigenvalue weighted by molar-refractivity contribution is 5.90. The van der Waals surface area contributed by atoms with E-state index in [9.17, 15) is 9.90 Å². The average molecular weight is 342 g/mol. The maximum atomic E-state index is 12.0. The SMILES string of the molecule is CCOC(=O)c1cccc(N2CCCC2(O)CNc2ncccn2)c1. The van der Waals surface area contributed by atoms with E-state index >= 15 is 0 Å². The van der Waals surface area contributed by atoms with Crippen LogP contribution < -0.4 is 10.2 Å². The highest BCUT2D eigenvalue weighted by Crippen LogP contribution is 2.33. The molecule has 1 aliphatic rings. The number of hydrogen-bond donors (Lipinski definition) is 2. The fourth-order valence-corrected chi connectivity index (χ4v) is 3.04. The number of aromatic nitrogens is 2. The third-order valence-electron chi connectivity index (χ3n) is 4.23. The van der Waals surface area contributed by atoms with Crippen LogP contribution in [0.25, 0.3) is 0 Å². The molecule has 2 heterocycles. The number of rotatable bonds is 6. The van der Waals surface area contributed by atoms with Crippen molar-refractivity contribution in [1.29, 1.82) is 0 Å². The van der Waals surface area contributed by atoms with Gasteiger partial charge in [-0.3, -0.25) is 0 Å². The summed E-state index contributed by atoms with van der Waals surface area (Å²) in [6.07, 6.45) is 4.77. The second-order valence-corrected chi connectivity index (χ2v) is 5.93. The molecule has 2 N–H and O–H groups in total. The van der Waals surface area contributed by atoms with Crippen LogP contribution in [0.4, 0.5) is 11.6 Å². The van der Waals surface area contributed by atoms with Crippen LogP contribution in [0, 0.1) is 0 Å². The topological polar surface area (TPSA) is 87.6 Å². The Labute approximate surface area is 146 Å². The second kappa shape index (κ2) is 7.48. The van der Waals surface area contributed by atoms with Gasteiger partial charge in [-0.15, -0.1) is 0 Å². The van der Waals surface area contributed by atoms with Crippen LogP contribution in [0.15, 0.2) is 42.7 Å². The number of nitrogens with zero attached hydrogens (tertiary/aromatic N) is 3. The summed E-state index contributed by atoms with van der Waals surface area (Å²) in [5.74, 6) is 0.117. The third-order valence-corrected chi connectivity index (χ3v) is 4.23. The molecule has 2 aromatic rings. The van der Waals surface area contributed by atoms with Gasteiger partial charge in [0.2, 0.25) is 5.95 Å². The first-order valence-electron chi connectivity index (χ1n) is 8.40. The third kappa shape index (κ3) is 3.88. The maximum absolute atomic E-state index is 12.0.